The van der Waals surface area contributed by atoms with E-state index in [0.29, 0.717) is 18.0 Å². The van der Waals surface area contributed by atoms with Gasteiger partial charge in [-0.15, -0.1) is 0 Å². The van der Waals surface area contributed by atoms with Crippen LogP contribution in [0.3, 0.4) is 0 Å². The summed E-state index contributed by atoms with van der Waals surface area (Å²) in [4.78, 5) is 12.7. The molecule has 144 valence electrons. The third kappa shape index (κ3) is 3.36. The lowest BCUT2D eigenvalue weighted by Gasteiger charge is -2.26. The molecule has 0 bridgehead atoms. The molecule has 0 radical (unpaired) electrons. The van der Waals surface area contributed by atoms with Crippen LogP contribution in [0.5, 0.6) is 11.5 Å². The zero-order valence-corrected chi connectivity index (χ0v) is 16.3. The number of anilines is 2. The van der Waals surface area contributed by atoms with Crippen molar-refractivity contribution in [3.05, 3.63) is 71.3 Å². The van der Waals surface area contributed by atoms with Crippen LogP contribution in [-0.2, 0) is 4.79 Å². The standard InChI is InChI=1S/C23H24N2O3/c1-14-8-9-15(2)22(14)17-11-10-16(12-20(17)27-3)25-23(26)21-13-24-18-6-4-5-7-19(18)28-21/h4-12,21-22,24H,13H2,1-3H3,(H,25,26). The predicted molar refractivity (Wildman–Crippen MR) is 111 cm³/mol. The average Bonchev–Trinajstić information content (AvgIpc) is 3.05. The number of benzene rings is 2. The first-order valence-corrected chi connectivity index (χ1v) is 9.40. The summed E-state index contributed by atoms with van der Waals surface area (Å²) in [7, 11) is 1.66. The molecule has 2 aliphatic rings. The van der Waals surface area contributed by atoms with Crippen molar-refractivity contribution in [3.63, 3.8) is 0 Å². The Bertz CT molecular complexity index is 960. The molecule has 5 nitrogen and oxygen atoms in total. The Kier molecular flexibility index (Phi) is 4.82. The maximum absolute atomic E-state index is 12.7. The van der Waals surface area contributed by atoms with E-state index in [2.05, 4.69) is 36.6 Å². The molecule has 0 aromatic heterocycles. The number of carbonyl (C=O) groups excluding carboxylic acids is 1. The quantitative estimate of drug-likeness (QED) is 0.825. The normalized spacial score (nSPS) is 18.3. The van der Waals surface area contributed by atoms with E-state index < -0.39 is 6.10 Å². The first-order valence-electron chi connectivity index (χ1n) is 9.40. The summed E-state index contributed by atoms with van der Waals surface area (Å²) in [6, 6.07) is 13.4. The minimum absolute atomic E-state index is 0.190. The second-order valence-electron chi connectivity index (χ2n) is 7.18. The van der Waals surface area contributed by atoms with Gasteiger partial charge in [0.25, 0.3) is 5.91 Å². The minimum atomic E-state index is -0.592. The van der Waals surface area contributed by atoms with Gasteiger partial charge in [0.15, 0.2) is 6.10 Å². The number of carbonyl (C=O) groups is 1. The van der Waals surface area contributed by atoms with E-state index in [0.717, 1.165) is 17.0 Å². The number of hydrogen-bond donors (Lipinski definition) is 2. The van der Waals surface area contributed by atoms with Crippen molar-refractivity contribution in [2.45, 2.75) is 25.9 Å². The highest BCUT2D eigenvalue weighted by Crippen LogP contribution is 2.41. The zero-order valence-electron chi connectivity index (χ0n) is 16.3. The fourth-order valence-electron chi connectivity index (χ4n) is 3.81. The first kappa shape index (κ1) is 18.2. The molecule has 2 aromatic carbocycles. The number of para-hydroxylation sites is 2. The van der Waals surface area contributed by atoms with E-state index in [1.807, 2.05) is 42.5 Å². The summed E-state index contributed by atoms with van der Waals surface area (Å²) < 4.78 is 11.5. The van der Waals surface area contributed by atoms with Crippen LogP contribution in [0.25, 0.3) is 0 Å². The molecule has 2 N–H and O–H groups in total. The van der Waals surface area contributed by atoms with Gasteiger partial charge >= 0.3 is 0 Å². The largest absolute Gasteiger partial charge is 0.496 e. The lowest BCUT2D eigenvalue weighted by Crippen LogP contribution is -2.41. The van der Waals surface area contributed by atoms with Crippen LogP contribution in [-0.4, -0.2) is 25.7 Å². The smallest absolute Gasteiger partial charge is 0.267 e. The molecular formula is C23H24N2O3. The summed E-state index contributed by atoms with van der Waals surface area (Å²) in [6.45, 7) is 4.67. The summed E-state index contributed by atoms with van der Waals surface area (Å²) in [5.74, 6) is 1.48. The maximum Gasteiger partial charge on any atom is 0.267 e. The monoisotopic (exact) mass is 376 g/mol. The molecule has 4 rings (SSSR count). The van der Waals surface area contributed by atoms with E-state index in [1.165, 1.54) is 11.1 Å². The molecule has 2 aromatic rings. The van der Waals surface area contributed by atoms with Gasteiger partial charge in [0.1, 0.15) is 11.5 Å². The number of methoxy groups -OCH3 is 1. The number of allylic oxidation sites excluding steroid dienone is 4. The fourth-order valence-corrected chi connectivity index (χ4v) is 3.81. The van der Waals surface area contributed by atoms with Gasteiger partial charge in [0, 0.05) is 23.2 Å². The molecule has 1 aliphatic carbocycles. The molecule has 0 fully saturated rings. The van der Waals surface area contributed by atoms with Gasteiger partial charge in [0.05, 0.1) is 19.3 Å². The number of hydrogen-bond acceptors (Lipinski definition) is 4. The fraction of sp³-hybridized carbons (Fsp3) is 0.261. The average molecular weight is 376 g/mol. The van der Waals surface area contributed by atoms with Gasteiger partial charge in [0.2, 0.25) is 0 Å². The van der Waals surface area contributed by atoms with Crippen molar-refractivity contribution in [2.24, 2.45) is 0 Å². The van der Waals surface area contributed by atoms with E-state index in [4.69, 9.17) is 9.47 Å². The third-order valence-electron chi connectivity index (χ3n) is 5.26. The molecule has 0 saturated heterocycles. The highest BCUT2D eigenvalue weighted by molar-refractivity contribution is 5.95. The lowest BCUT2D eigenvalue weighted by molar-refractivity contribution is -0.122. The highest BCUT2D eigenvalue weighted by Gasteiger charge is 2.27. The van der Waals surface area contributed by atoms with Crippen molar-refractivity contribution < 1.29 is 14.3 Å². The summed E-state index contributed by atoms with van der Waals surface area (Å²) in [5.41, 5.74) is 5.26. The molecule has 5 heteroatoms. The second-order valence-corrected chi connectivity index (χ2v) is 7.18. The van der Waals surface area contributed by atoms with Crippen LogP contribution >= 0.6 is 0 Å². The van der Waals surface area contributed by atoms with Crippen molar-refractivity contribution >= 4 is 17.3 Å². The Labute approximate surface area is 165 Å². The SMILES string of the molecule is COc1cc(NC(=O)C2CNc3ccccc3O2)ccc1C1C(C)=CC=C1C. The van der Waals surface area contributed by atoms with Crippen LogP contribution in [0.15, 0.2) is 65.8 Å². The van der Waals surface area contributed by atoms with Crippen molar-refractivity contribution in [1.29, 1.82) is 0 Å². The van der Waals surface area contributed by atoms with Crippen molar-refractivity contribution in [3.8, 4) is 11.5 Å². The van der Waals surface area contributed by atoms with E-state index in [-0.39, 0.29) is 11.8 Å². The maximum atomic E-state index is 12.7. The molecule has 1 amide bonds. The lowest BCUT2D eigenvalue weighted by atomic mass is 9.89. The Balaban J connectivity index is 1.50. The highest BCUT2D eigenvalue weighted by atomic mass is 16.5. The van der Waals surface area contributed by atoms with Gasteiger partial charge in [-0.2, -0.15) is 0 Å². The van der Waals surface area contributed by atoms with Gasteiger partial charge in [-0.1, -0.05) is 41.5 Å². The second kappa shape index (κ2) is 7.43. The van der Waals surface area contributed by atoms with Crippen LogP contribution in [0, 0.1) is 0 Å². The Morgan fingerprint density at radius 3 is 2.64 bits per heavy atom. The summed E-state index contributed by atoms with van der Waals surface area (Å²) >= 11 is 0. The van der Waals surface area contributed by atoms with Gasteiger partial charge in [-0.25, -0.2) is 0 Å². The summed E-state index contributed by atoms with van der Waals surface area (Å²) in [5, 5.41) is 6.18. The molecule has 0 spiro atoms. The Morgan fingerprint density at radius 2 is 1.89 bits per heavy atom. The van der Waals surface area contributed by atoms with Gasteiger partial charge in [-0.05, 0) is 32.0 Å². The first-order chi connectivity index (χ1) is 13.6. The molecular weight excluding hydrogens is 352 g/mol. The van der Waals surface area contributed by atoms with Gasteiger partial charge < -0.3 is 20.1 Å². The summed E-state index contributed by atoms with van der Waals surface area (Å²) in [6.07, 6.45) is 3.69. The van der Waals surface area contributed by atoms with Crippen LogP contribution < -0.4 is 20.1 Å². The van der Waals surface area contributed by atoms with Crippen LogP contribution in [0.2, 0.25) is 0 Å². The number of amides is 1. The van der Waals surface area contributed by atoms with Crippen molar-refractivity contribution in [2.75, 3.05) is 24.3 Å². The van der Waals surface area contributed by atoms with Gasteiger partial charge in [-0.3, -0.25) is 4.79 Å². The molecule has 1 aliphatic heterocycles. The number of ether oxygens (including phenoxy) is 2. The van der Waals surface area contributed by atoms with E-state index >= 15 is 0 Å². The number of fused-ring (bicyclic) bond motifs is 1. The molecule has 0 saturated carbocycles. The molecule has 1 unspecified atom stereocenters. The van der Waals surface area contributed by atoms with Crippen LogP contribution in [0.4, 0.5) is 11.4 Å². The van der Waals surface area contributed by atoms with E-state index in [9.17, 15) is 4.79 Å². The predicted octanol–water partition coefficient (Wildman–Crippen LogP) is 4.50. The number of nitrogens with one attached hydrogen (secondary N) is 2. The molecule has 28 heavy (non-hydrogen) atoms. The molecule has 1 atom stereocenters. The zero-order chi connectivity index (χ0) is 19.7. The van der Waals surface area contributed by atoms with Crippen LogP contribution in [0.1, 0.15) is 25.3 Å². The third-order valence-corrected chi connectivity index (χ3v) is 5.26. The number of rotatable bonds is 4. The Morgan fingerprint density at radius 1 is 1.14 bits per heavy atom. The Hall–Kier alpha value is -3.21. The topological polar surface area (TPSA) is 59.6 Å². The minimum Gasteiger partial charge on any atom is -0.496 e. The van der Waals surface area contributed by atoms with Crippen molar-refractivity contribution in [1.82, 2.24) is 0 Å². The van der Waals surface area contributed by atoms with E-state index in [1.54, 1.807) is 7.11 Å². The molecule has 1 heterocycles.